The van der Waals surface area contributed by atoms with Gasteiger partial charge in [0.25, 0.3) is 0 Å². The number of rotatable bonds is 12. The first-order valence-electron chi connectivity index (χ1n) is 25.1. The third-order valence-electron chi connectivity index (χ3n) is 13.6. The van der Waals surface area contributed by atoms with Crippen molar-refractivity contribution in [1.29, 1.82) is 0 Å². The average molecular weight is 1140 g/mol. The Morgan fingerprint density at radius 3 is 1.51 bits per heavy atom. The van der Waals surface area contributed by atoms with Crippen molar-refractivity contribution in [2.45, 2.75) is 115 Å². The number of carbonyl (C=O) groups excluding carboxylic acids is 3. The van der Waals surface area contributed by atoms with E-state index in [0.717, 1.165) is 56.7 Å². The number of carboxylic acids is 1. The van der Waals surface area contributed by atoms with E-state index in [1.54, 1.807) is 53.7 Å². The van der Waals surface area contributed by atoms with Gasteiger partial charge in [0.1, 0.15) is 54.3 Å². The summed E-state index contributed by atoms with van der Waals surface area (Å²) in [6.07, 6.45) is 9.66. The zero-order valence-electron chi connectivity index (χ0n) is 43.5. The van der Waals surface area contributed by atoms with E-state index < -0.39 is 23.6 Å². The fourth-order valence-corrected chi connectivity index (χ4v) is 9.55. The summed E-state index contributed by atoms with van der Waals surface area (Å²) in [7, 11) is 0. The van der Waals surface area contributed by atoms with Gasteiger partial charge in [0, 0.05) is 63.2 Å². The highest BCUT2D eigenvalue weighted by molar-refractivity contribution is 7.59. The van der Waals surface area contributed by atoms with E-state index in [0.29, 0.717) is 91.8 Å². The van der Waals surface area contributed by atoms with Gasteiger partial charge in [-0.2, -0.15) is 54.0 Å². The van der Waals surface area contributed by atoms with Crippen molar-refractivity contribution >= 4 is 112 Å². The van der Waals surface area contributed by atoms with Crippen LogP contribution in [0.1, 0.15) is 93.6 Å². The minimum atomic E-state index is -1.14. The number of nitrogens with zero attached hydrogens (tertiary/aromatic N) is 8. The molecule has 26 heteroatoms. The van der Waals surface area contributed by atoms with Crippen LogP contribution >= 0.6 is 54.0 Å². The lowest BCUT2D eigenvalue weighted by molar-refractivity contribution is -0.141. The maximum Gasteiger partial charge on any atom is 0.354 e. The minimum Gasteiger partial charge on any atom is -0.491 e. The van der Waals surface area contributed by atoms with Crippen LogP contribution in [0.3, 0.4) is 0 Å². The second kappa shape index (κ2) is 25.6. The molecule has 2 aliphatic carbocycles. The Hall–Kier alpha value is -5.32. The van der Waals surface area contributed by atoms with Crippen LogP contribution in [-0.4, -0.2) is 143 Å². The van der Waals surface area contributed by atoms with E-state index in [2.05, 4.69) is 40.4 Å². The third-order valence-corrected chi connectivity index (χ3v) is 13.6. The molecule has 22 nitrogen and oxygen atoms in total. The summed E-state index contributed by atoms with van der Waals surface area (Å²) in [6, 6.07) is 13.4. The zero-order valence-corrected chi connectivity index (χ0v) is 47.5. The first-order valence-corrected chi connectivity index (χ1v) is 25.1. The monoisotopic (exact) mass is 1140 g/mol. The fourth-order valence-electron chi connectivity index (χ4n) is 9.55. The molecule has 420 valence electrons. The van der Waals surface area contributed by atoms with Gasteiger partial charge in [0.15, 0.2) is 34.7 Å². The number of aromatic nitrogens is 4. The molecule has 4 saturated heterocycles. The molecular weight excluding hydrogens is 1070 g/mol. The maximum absolute atomic E-state index is 13.5. The number of nitrogens with two attached hydrogens (primary N) is 1. The molecule has 77 heavy (non-hydrogen) atoms. The number of amides is 4. The van der Waals surface area contributed by atoms with Crippen LogP contribution in [0.2, 0.25) is 0 Å². The molecule has 4 aromatic rings. The van der Waals surface area contributed by atoms with Crippen LogP contribution in [0.15, 0.2) is 60.9 Å². The number of carbonyl (C=O) groups is 4. The maximum atomic E-state index is 13.5. The number of urea groups is 2. The Labute approximate surface area is 475 Å². The summed E-state index contributed by atoms with van der Waals surface area (Å²) in [4.78, 5) is 75.9. The molecule has 4 bridgehead atoms. The van der Waals surface area contributed by atoms with Gasteiger partial charge in [-0.1, -0.05) is 0 Å². The van der Waals surface area contributed by atoms with Crippen LogP contribution in [0.25, 0.3) is 0 Å². The number of aromatic carboxylic acids is 1. The molecule has 12 rings (SSSR count). The van der Waals surface area contributed by atoms with Gasteiger partial charge in [-0.05, 0) is 109 Å². The molecule has 2 saturated carbocycles. The summed E-state index contributed by atoms with van der Waals surface area (Å²) in [5, 5.41) is 15.1. The van der Waals surface area contributed by atoms with Crippen molar-refractivity contribution in [3.05, 3.63) is 72.3 Å². The number of ketones is 1. The highest BCUT2D eigenvalue weighted by Crippen LogP contribution is 2.41. The molecule has 6 aliphatic heterocycles. The molecule has 4 amide bonds. The smallest absolute Gasteiger partial charge is 0.354 e. The number of carboxylic acid groups (broad SMARTS) is 1. The number of ether oxygens (including phenoxy) is 6. The standard InChI is InChI=1S/C26H31N5O5.C22H25N5O6.C3H7N.4H2S/c1-26(2)35-15-19(36-26)14-34-18-7-9-27-23(12-18)29-25(33)31-17-8-10-30(13-17)21-6-5-20(28-24(21)31)22(32)11-16-3-4-16;1-22(2)32-12-15(33-22)11-31-14-5-7-23-18(9-14)25-21(30)27-13-6-8-26(10-13)17-4-3-16(20(28)29)24-19(17)27;4-3-1-2-3;;;;/h5-7,9,12,16-17,19H,3-4,8,10-11,13-15H2,1-2H3,(H,27,29,33);3-5,7,9,13,15H,6,8,10-12H2,1-2H3,(H,28,29)(H,23,25,30);3H,1-2,4H2;4*1H2/t17-,19-;13-,15-;;;;;/m00...../s1. The number of pyridine rings is 4. The number of hydrogen-bond acceptors (Lipinski definition) is 17. The highest BCUT2D eigenvalue weighted by Gasteiger charge is 2.43. The quantitative estimate of drug-likeness (QED) is 0.110. The number of Topliss-reactive ketones (excluding diaryl/α,β-unsaturated/α-hetero) is 1. The topological polar surface area (TPSA) is 258 Å². The Balaban J connectivity index is 0.000000222. The number of hydrogen-bond donors (Lipinski definition) is 4. The molecule has 0 spiro atoms. The van der Waals surface area contributed by atoms with Crippen molar-refractivity contribution in [2.24, 2.45) is 11.7 Å². The number of anilines is 6. The van der Waals surface area contributed by atoms with Crippen LogP contribution in [0.5, 0.6) is 11.5 Å². The summed E-state index contributed by atoms with van der Waals surface area (Å²) >= 11 is 0. The molecular formula is C51H71N11O11S4. The first kappa shape index (κ1) is 60.9. The average Bonchev–Trinajstić information content (AvgIpc) is 4.17. The fraction of sp³-hybridized carbons (Fsp3) is 0.529. The summed E-state index contributed by atoms with van der Waals surface area (Å²) in [6.45, 7) is 12.0. The van der Waals surface area contributed by atoms with Crippen molar-refractivity contribution in [2.75, 3.05) is 82.8 Å². The molecule has 0 aromatic carbocycles. The number of nitrogens with one attached hydrogen (secondary N) is 2. The van der Waals surface area contributed by atoms with E-state index in [1.165, 1.54) is 23.8 Å². The minimum absolute atomic E-state index is 0. The Morgan fingerprint density at radius 2 is 1.10 bits per heavy atom. The van der Waals surface area contributed by atoms with Crippen molar-refractivity contribution < 1.29 is 52.7 Å². The Bertz CT molecular complexity index is 2740. The molecule has 6 fully saturated rings. The van der Waals surface area contributed by atoms with Crippen molar-refractivity contribution in [3.8, 4) is 11.5 Å². The normalized spacial score (nSPS) is 22.3. The molecule has 4 atom stereocenters. The molecule has 0 unspecified atom stereocenters. The lowest BCUT2D eigenvalue weighted by atomic mass is 10.1. The largest absolute Gasteiger partial charge is 0.491 e. The summed E-state index contributed by atoms with van der Waals surface area (Å²) < 4.78 is 34.3. The van der Waals surface area contributed by atoms with Gasteiger partial charge < -0.3 is 49.1 Å². The molecule has 4 aromatic heterocycles. The highest BCUT2D eigenvalue weighted by atomic mass is 32.1. The van der Waals surface area contributed by atoms with Crippen LogP contribution in [-0.2, 0) is 18.9 Å². The van der Waals surface area contributed by atoms with Gasteiger partial charge in [-0.25, -0.2) is 34.3 Å². The predicted octanol–water partition coefficient (Wildman–Crippen LogP) is 6.52. The number of fused-ring (bicyclic) bond motifs is 8. The van der Waals surface area contributed by atoms with Gasteiger partial charge >= 0.3 is 18.0 Å². The summed E-state index contributed by atoms with van der Waals surface area (Å²) in [5.74, 6) is 0.833. The van der Waals surface area contributed by atoms with E-state index in [-0.39, 0.29) is 95.8 Å². The lowest BCUT2D eigenvalue weighted by Gasteiger charge is -2.35. The van der Waals surface area contributed by atoms with Crippen LogP contribution in [0, 0.1) is 5.92 Å². The van der Waals surface area contributed by atoms with E-state index in [4.69, 9.17) is 34.2 Å². The Kier molecular flexibility index (Phi) is 20.3. The first-order chi connectivity index (χ1) is 35.0. The van der Waals surface area contributed by atoms with Gasteiger partial charge in [0.2, 0.25) is 0 Å². The second-order valence-electron chi connectivity index (χ2n) is 20.4. The van der Waals surface area contributed by atoms with E-state index in [9.17, 15) is 24.3 Å². The summed E-state index contributed by atoms with van der Waals surface area (Å²) in [5.41, 5.74) is 7.17. The second-order valence-corrected chi connectivity index (χ2v) is 20.4. The predicted molar refractivity (Wildman–Crippen MR) is 309 cm³/mol. The SMILES string of the molecule is CC1(C)OC[C@H](COc2ccnc(NC(=O)N3c4nc(C(=O)CC5CC5)ccc4N4CC[C@H]3C4)c2)O1.CC1(C)OC[C@H](COc2ccnc(NC(=O)N3c4nc(C(=O)O)ccc4N4CC[C@H]3C4)c2)O1.NC1CC1.S.S.S.S. The molecule has 8 aliphatic rings. The zero-order chi connectivity index (χ0) is 51.0. The van der Waals surface area contributed by atoms with Crippen molar-refractivity contribution in [3.63, 3.8) is 0 Å². The molecule has 5 N–H and O–H groups in total. The molecule has 10 heterocycles. The van der Waals surface area contributed by atoms with Gasteiger partial charge in [-0.3, -0.25) is 25.2 Å². The van der Waals surface area contributed by atoms with Gasteiger partial charge in [-0.15, -0.1) is 0 Å². The lowest BCUT2D eigenvalue weighted by Crippen LogP contribution is -2.48. The van der Waals surface area contributed by atoms with Crippen LogP contribution < -0.4 is 45.4 Å². The van der Waals surface area contributed by atoms with E-state index >= 15 is 0 Å². The third kappa shape index (κ3) is 15.1. The Morgan fingerprint density at radius 1 is 0.662 bits per heavy atom. The van der Waals surface area contributed by atoms with Crippen molar-refractivity contribution in [1.82, 2.24) is 19.9 Å². The van der Waals surface area contributed by atoms with E-state index in [1.807, 2.05) is 33.8 Å². The van der Waals surface area contributed by atoms with Crippen LogP contribution in [0.4, 0.5) is 44.2 Å². The van der Waals surface area contributed by atoms with Gasteiger partial charge in [0.05, 0.1) is 36.7 Å². The molecule has 0 radical (unpaired) electrons.